The molecule has 0 heterocycles. The molecule has 0 bridgehead atoms. The summed E-state index contributed by atoms with van der Waals surface area (Å²) in [4.78, 5) is 0.240. The van der Waals surface area contributed by atoms with Crippen LogP contribution in [0.2, 0.25) is 0 Å². The molecule has 0 aliphatic heterocycles. The number of benzene rings is 1. The molecule has 0 aromatic heterocycles. The second-order valence-corrected chi connectivity index (χ2v) is 6.82. The second kappa shape index (κ2) is 4.29. The molecule has 0 spiro atoms. The molecule has 1 aromatic rings. The first kappa shape index (κ1) is 12.9. The topological polar surface area (TPSA) is 67.2 Å². The van der Waals surface area contributed by atoms with Crippen LogP contribution >= 0.6 is 0 Å². The highest BCUT2D eigenvalue weighted by atomic mass is 32.2. The highest BCUT2D eigenvalue weighted by Gasteiger charge is 2.50. The Morgan fingerprint density at radius 3 is 2.44 bits per heavy atom. The van der Waals surface area contributed by atoms with E-state index in [0.29, 0.717) is 24.2 Å². The summed E-state index contributed by atoms with van der Waals surface area (Å²) in [6, 6.07) is 6.81. The van der Waals surface area contributed by atoms with Crippen LogP contribution in [0.5, 0.6) is 5.75 Å². The highest BCUT2D eigenvalue weighted by molar-refractivity contribution is 7.93. The van der Waals surface area contributed by atoms with Gasteiger partial charge in [0, 0.05) is 0 Å². The minimum Gasteiger partial charge on any atom is -0.497 e. The van der Waals surface area contributed by atoms with E-state index >= 15 is 0 Å². The van der Waals surface area contributed by atoms with Gasteiger partial charge in [-0.15, -0.1) is 0 Å². The molecule has 1 aliphatic carbocycles. The number of hydrogen-bond donors (Lipinski definition) is 0. The van der Waals surface area contributed by atoms with E-state index in [0.717, 1.165) is 6.42 Å². The molecule has 0 amide bonds. The van der Waals surface area contributed by atoms with Crippen LogP contribution in [-0.2, 0) is 9.84 Å². The molecule has 4 nitrogen and oxygen atoms in total. The summed E-state index contributed by atoms with van der Waals surface area (Å²) < 4.78 is 28.9. The zero-order chi connectivity index (χ0) is 13.4. The number of nitrogens with zero attached hydrogens (tertiary/aromatic N) is 1. The maximum Gasteiger partial charge on any atom is 0.197 e. The van der Waals surface area contributed by atoms with Gasteiger partial charge in [0.1, 0.15) is 5.75 Å². The quantitative estimate of drug-likeness (QED) is 0.840. The smallest absolute Gasteiger partial charge is 0.197 e. The fraction of sp³-hybridized carbons (Fsp3) is 0.462. The van der Waals surface area contributed by atoms with Crippen LogP contribution in [-0.4, -0.2) is 20.3 Å². The van der Waals surface area contributed by atoms with E-state index in [2.05, 4.69) is 0 Å². The number of hydrogen-bond acceptors (Lipinski definition) is 4. The maximum atomic E-state index is 12.5. The Bertz CT molecular complexity index is 610. The number of aryl methyl sites for hydroxylation is 1. The molecule has 5 heteroatoms. The van der Waals surface area contributed by atoms with Crippen molar-refractivity contribution >= 4 is 9.84 Å². The van der Waals surface area contributed by atoms with Gasteiger partial charge < -0.3 is 4.74 Å². The SMILES string of the molecule is COc1ccc(S(=O)(=O)C2(C#N)CCC2)c(C)c1. The van der Waals surface area contributed by atoms with Gasteiger partial charge in [-0.1, -0.05) is 0 Å². The zero-order valence-electron chi connectivity index (χ0n) is 10.4. The first-order valence-electron chi connectivity index (χ1n) is 5.77. The van der Waals surface area contributed by atoms with E-state index in [1.807, 2.05) is 6.07 Å². The molecular weight excluding hydrogens is 250 g/mol. The molecule has 1 saturated carbocycles. The normalized spacial score (nSPS) is 17.6. The van der Waals surface area contributed by atoms with Crippen molar-refractivity contribution in [2.45, 2.75) is 35.8 Å². The number of ether oxygens (including phenoxy) is 1. The van der Waals surface area contributed by atoms with Crippen molar-refractivity contribution in [3.8, 4) is 11.8 Å². The monoisotopic (exact) mass is 265 g/mol. The Labute approximate surface area is 107 Å². The van der Waals surface area contributed by atoms with Gasteiger partial charge in [0.15, 0.2) is 14.6 Å². The Morgan fingerprint density at radius 1 is 1.39 bits per heavy atom. The van der Waals surface area contributed by atoms with Gasteiger partial charge in [-0.3, -0.25) is 0 Å². The summed E-state index contributed by atoms with van der Waals surface area (Å²) >= 11 is 0. The lowest BCUT2D eigenvalue weighted by Gasteiger charge is -2.34. The van der Waals surface area contributed by atoms with E-state index in [1.165, 1.54) is 13.2 Å². The third-order valence-electron chi connectivity index (χ3n) is 3.55. The third-order valence-corrected chi connectivity index (χ3v) is 6.12. The fourth-order valence-electron chi connectivity index (χ4n) is 2.20. The number of nitriles is 1. The van der Waals surface area contributed by atoms with Crippen LogP contribution in [0.15, 0.2) is 23.1 Å². The first-order valence-corrected chi connectivity index (χ1v) is 7.26. The van der Waals surface area contributed by atoms with Crippen molar-refractivity contribution in [3.63, 3.8) is 0 Å². The van der Waals surface area contributed by atoms with Gasteiger partial charge >= 0.3 is 0 Å². The number of rotatable bonds is 3. The minimum absolute atomic E-state index is 0.240. The Kier molecular flexibility index (Phi) is 3.07. The summed E-state index contributed by atoms with van der Waals surface area (Å²) in [5.41, 5.74) is 0.621. The summed E-state index contributed by atoms with van der Waals surface area (Å²) in [6.07, 6.45) is 1.65. The van der Waals surface area contributed by atoms with E-state index in [4.69, 9.17) is 4.74 Å². The summed E-state index contributed by atoms with van der Waals surface area (Å²) in [7, 11) is -2.05. The van der Waals surface area contributed by atoms with Crippen LogP contribution in [0.3, 0.4) is 0 Å². The van der Waals surface area contributed by atoms with E-state index in [9.17, 15) is 13.7 Å². The molecule has 1 aromatic carbocycles. The Hall–Kier alpha value is -1.54. The third kappa shape index (κ3) is 1.68. The van der Waals surface area contributed by atoms with Crippen molar-refractivity contribution in [1.82, 2.24) is 0 Å². The van der Waals surface area contributed by atoms with Gasteiger partial charge in [0.05, 0.1) is 18.1 Å². The van der Waals surface area contributed by atoms with Crippen LogP contribution in [0.1, 0.15) is 24.8 Å². The Morgan fingerprint density at radius 2 is 2.06 bits per heavy atom. The van der Waals surface area contributed by atoms with Crippen LogP contribution in [0.4, 0.5) is 0 Å². The summed E-state index contributed by atoms with van der Waals surface area (Å²) in [5.74, 6) is 0.617. The van der Waals surface area contributed by atoms with Crippen LogP contribution in [0.25, 0.3) is 0 Å². The Balaban J connectivity index is 2.52. The average Bonchev–Trinajstić information content (AvgIpc) is 2.27. The highest BCUT2D eigenvalue weighted by Crippen LogP contribution is 2.43. The van der Waals surface area contributed by atoms with E-state index < -0.39 is 14.6 Å². The number of sulfone groups is 1. The van der Waals surface area contributed by atoms with Crippen molar-refractivity contribution < 1.29 is 13.2 Å². The van der Waals surface area contributed by atoms with Gasteiger partial charge in [-0.25, -0.2) is 8.42 Å². The molecule has 18 heavy (non-hydrogen) atoms. The summed E-state index contributed by atoms with van der Waals surface area (Å²) in [5, 5.41) is 9.17. The van der Waals surface area contributed by atoms with E-state index in [-0.39, 0.29) is 4.90 Å². The minimum atomic E-state index is -3.59. The van der Waals surface area contributed by atoms with Crippen molar-refractivity contribution in [2.75, 3.05) is 7.11 Å². The molecule has 1 aliphatic rings. The molecule has 2 rings (SSSR count). The maximum absolute atomic E-state index is 12.5. The molecular formula is C13H15NO3S. The molecule has 0 atom stereocenters. The molecule has 0 saturated heterocycles. The molecule has 0 N–H and O–H groups in total. The van der Waals surface area contributed by atoms with Crippen LogP contribution in [0, 0.1) is 18.3 Å². The van der Waals surface area contributed by atoms with Crippen molar-refractivity contribution in [3.05, 3.63) is 23.8 Å². The lowest BCUT2D eigenvalue weighted by molar-refractivity contribution is 0.405. The molecule has 1 fully saturated rings. The lowest BCUT2D eigenvalue weighted by atomic mass is 9.86. The van der Waals surface area contributed by atoms with Gasteiger partial charge in [0.2, 0.25) is 0 Å². The van der Waals surface area contributed by atoms with Crippen molar-refractivity contribution in [1.29, 1.82) is 5.26 Å². The predicted molar refractivity (Wildman–Crippen MR) is 67.1 cm³/mol. The largest absolute Gasteiger partial charge is 0.497 e. The standard InChI is InChI=1S/C13H15NO3S/c1-10-8-11(17-2)4-5-12(10)18(15,16)13(9-14)6-3-7-13/h4-5,8H,3,6-7H2,1-2H3. The summed E-state index contributed by atoms with van der Waals surface area (Å²) in [6.45, 7) is 1.72. The van der Waals surface area contributed by atoms with Gasteiger partial charge in [-0.2, -0.15) is 5.26 Å². The predicted octanol–water partition coefficient (Wildman–Crippen LogP) is 2.22. The van der Waals surface area contributed by atoms with Gasteiger partial charge in [-0.05, 0) is 49.9 Å². The lowest BCUT2D eigenvalue weighted by Crippen LogP contribution is -2.43. The van der Waals surface area contributed by atoms with Crippen LogP contribution < -0.4 is 4.74 Å². The first-order chi connectivity index (χ1) is 8.47. The van der Waals surface area contributed by atoms with Crippen molar-refractivity contribution in [2.24, 2.45) is 0 Å². The number of methoxy groups -OCH3 is 1. The second-order valence-electron chi connectivity index (χ2n) is 4.59. The molecule has 96 valence electrons. The zero-order valence-corrected chi connectivity index (χ0v) is 11.3. The molecule has 0 radical (unpaired) electrons. The fourth-order valence-corrected chi connectivity index (χ4v) is 4.30. The average molecular weight is 265 g/mol. The van der Waals surface area contributed by atoms with E-state index in [1.54, 1.807) is 19.1 Å². The van der Waals surface area contributed by atoms with Gasteiger partial charge in [0.25, 0.3) is 0 Å². The molecule has 0 unspecified atom stereocenters.